The van der Waals surface area contributed by atoms with Gasteiger partial charge in [-0.3, -0.25) is 4.57 Å². The second-order valence-electron chi connectivity index (χ2n) is 13.6. The van der Waals surface area contributed by atoms with Gasteiger partial charge in [0.05, 0.1) is 34.2 Å². The van der Waals surface area contributed by atoms with Gasteiger partial charge in [0.1, 0.15) is 5.65 Å². The summed E-state index contributed by atoms with van der Waals surface area (Å²) < 4.78 is 6.93. The molecule has 0 fully saturated rings. The van der Waals surface area contributed by atoms with Crippen molar-refractivity contribution in [1.82, 2.24) is 18.7 Å². The second-order valence-corrected chi connectivity index (χ2v) is 13.6. The van der Waals surface area contributed by atoms with Crippen molar-refractivity contribution in [2.45, 2.75) is 0 Å². The molecule has 7 aromatic carbocycles. The van der Waals surface area contributed by atoms with Crippen molar-refractivity contribution in [2.75, 3.05) is 0 Å². The van der Waals surface area contributed by atoms with Crippen LogP contribution in [0.15, 0.2) is 176 Å². The number of pyridine rings is 1. The Balaban J connectivity index is 1.14. The Morgan fingerprint density at radius 3 is 1.62 bits per heavy atom. The lowest BCUT2D eigenvalue weighted by molar-refractivity contribution is 1.14. The monoisotopic (exact) mass is 675 g/mol. The fourth-order valence-corrected chi connectivity index (χ4v) is 8.40. The number of hydrogen-bond acceptors (Lipinski definition) is 1. The molecule has 0 amide bonds. The maximum Gasteiger partial charge on any atom is 0.189 e. The number of nitrogens with zero attached hydrogens (tertiary/aromatic N) is 5. The Hall–Kier alpha value is -7.42. The van der Waals surface area contributed by atoms with E-state index in [2.05, 4.69) is 170 Å². The third-order valence-electron chi connectivity index (χ3n) is 10.6. The van der Waals surface area contributed by atoms with Crippen molar-refractivity contribution in [3.63, 3.8) is 0 Å². The van der Waals surface area contributed by atoms with Crippen LogP contribution < -0.4 is 0 Å². The van der Waals surface area contributed by atoms with E-state index in [1.807, 2.05) is 24.4 Å². The highest BCUT2D eigenvalue weighted by molar-refractivity contribution is 6.18. The predicted octanol–water partition coefficient (Wildman–Crippen LogP) is 12.6. The van der Waals surface area contributed by atoms with Crippen molar-refractivity contribution in [3.05, 3.63) is 187 Å². The van der Waals surface area contributed by atoms with Gasteiger partial charge in [-0.25, -0.2) is 9.83 Å². The van der Waals surface area contributed by atoms with Gasteiger partial charge in [-0.15, -0.1) is 0 Å². The molecule has 246 valence electrons. The highest BCUT2D eigenvalue weighted by Crippen LogP contribution is 2.40. The SMILES string of the molecule is [C-]#[N+]c1cc(-c2cccc(-n3c4cc5c6ccccc6n(-c6ccccc6)c5cc4c4cccnc43)c2)cc(-n2c3ccccc3c3ccccc32)c1. The summed E-state index contributed by atoms with van der Waals surface area (Å²) in [6, 6.07) is 59.9. The van der Waals surface area contributed by atoms with Crippen LogP contribution in [0.1, 0.15) is 0 Å². The first-order chi connectivity index (χ1) is 26.2. The van der Waals surface area contributed by atoms with E-state index in [4.69, 9.17) is 11.6 Å². The zero-order chi connectivity index (χ0) is 35.0. The molecule has 5 heteroatoms. The van der Waals surface area contributed by atoms with Crippen LogP contribution in [0.3, 0.4) is 0 Å². The van der Waals surface area contributed by atoms with Gasteiger partial charge in [0.25, 0.3) is 0 Å². The minimum atomic E-state index is 0.598. The van der Waals surface area contributed by atoms with Crippen LogP contribution in [0.2, 0.25) is 0 Å². The molecule has 0 spiro atoms. The van der Waals surface area contributed by atoms with Crippen molar-refractivity contribution in [1.29, 1.82) is 0 Å². The van der Waals surface area contributed by atoms with Crippen molar-refractivity contribution >= 4 is 71.2 Å². The van der Waals surface area contributed by atoms with Crippen LogP contribution in [-0.4, -0.2) is 18.7 Å². The quantitative estimate of drug-likeness (QED) is 0.171. The number of benzene rings is 7. The summed E-state index contributed by atoms with van der Waals surface area (Å²) in [7, 11) is 0. The molecular formula is C48H29N5. The average molecular weight is 676 g/mol. The number of para-hydroxylation sites is 4. The summed E-state index contributed by atoms with van der Waals surface area (Å²) in [5, 5.41) is 7.04. The molecule has 0 saturated carbocycles. The van der Waals surface area contributed by atoms with Crippen LogP contribution in [0.4, 0.5) is 5.69 Å². The lowest BCUT2D eigenvalue weighted by Gasteiger charge is -2.13. The van der Waals surface area contributed by atoms with Gasteiger partial charge in [-0.1, -0.05) is 84.9 Å². The minimum absolute atomic E-state index is 0.598. The summed E-state index contributed by atoms with van der Waals surface area (Å²) in [6.45, 7) is 8.07. The van der Waals surface area contributed by atoms with Crippen molar-refractivity contribution < 1.29 is 0 Å². The summed E-state index contributed by atoms with van der Waals surface area (Å²) in [4.78, 5) is 8.90. The fraction of sp³-hybridized carbons (Fsp3) is 0. The normalized spacial score (nSPS) is 11.8. The molecule has 4 heterocycles. The Morgan fingerprint density at radius 2 is 0.925 bits per heavy atom. The number of rotatable bonds is 4. The van der Waals surface area contributed by atoms with Gasteiger partial charge in [-0.2, -0.15) is 0 Å². The molecule has 0 aliphatic carbocycles. The highest BCUT2D eigenvalue weighted by Gasteiger charge is 2.20. The lowest BCUT2D eigenvalue weighted by Crippen LogP contribution is -1.97. The largest absolute Gasteiger partial charge is 0.310 e. The first kappa shape index (κ1) is 29.3. The van der Waals surface area contributed by atoms with E-state index >= 15 is 0 Å². The standard InChI is InChI=1S/C48H29N5/c1-49-33-25-32(27-36(28-33)52-43-21-8-5-17-37(43)38-18-6-9-22-44(38)52)31-13-11-16-35(26-31)53-47-29-41-39-19-7-10-23-45(39)51(34-14-3-2-4-15-34)46(41)30-42(47)40-20-12-24-50-48(40)53/h2-30H. The van der Waals surface area contributed by atoms with Crippen LogP contribution in [-0.2, 0) is 0 Å². The molecule has 0 saturated heterocycles. The molecular weight excluding hydrogens is 647 g/mol. The molecule has 4 aromatic heterocycles. The molecule has 0 N–H and O–H groups in total. The molecule has 0 aliphatic heterocycles. The Kier molecular flexibility index (Phi) is 6.25. The second kappa shape index (κ2) is 11.3. The van der Waals surface area contributed by atoms with E-state index in [0.717, 1.165) is 66.7 Å². The molecule has 0 unspecified atom stereocenters. The van der Waals surface area contributed by atoms with E-state index in [1.54, 1.807) is 0 Å². The maximum atomic E-state index is 8.07. The minimum Gasteiger partial charge on any atom is -0.310 e. The zero-order valence-electron chi connectivity index (χ0n) is 28.5. The van der Waals surface area contributed by atoms with Crippen molar-refractivity contribution in [2.24, 2.45) is 0 Å². The van der Waals surface area contributed by atoms with Gasteiger partial charge in [0, 0.05) is 55.6 Å². The predicted molar refractivity (Wildman–Crippen MR) is 219 cm³/mol. The smallest absolute Gasteiger partial charge is 0.189 e. The van der Waals surface area contributed by atoms with Crippen LogP contribution in [0.5, 0.6) is 0 Å². The van der Waals surface area contributed by atoms with Crippen LogP contribution >= 0.6 is 0 Å². The first-order valence-corrected chi connectivity index (χ1v) is 17.7. The first-order valence-electron chi connectivity index (χ1n) is 17.7. The van der Waals surface area contributed by atoms with Gasteiger partial charge in [0.15, 0.2) is 5.69 Å². The van der Waals surface area contributed by atoms with Crippen molar-refractivity contribution in [3.8, 4) is 28.2 Å². The molecule has 0 aliphatic rings. The average Bonchev–Trinajstić information content (AvgIpc) is 3.85. The lowest BCUT2D eigenvalue weighted by atomic mass is 10.0. The number of hydrogen-bond donors (Lipinski definition) is 0. The third-order valence-corrected chi connectivity index (χ3v) is 10.6. The van der Waals surface area contributed by atoms with E-state index in [9.17, 15) is 0 Å². The molecule has 11 rings (SSSR count). The Labute approximate surface area is 304 Å². The zero-order valence-corrected chi connectivity index (χ0v) is 28.5. The van der Waals surface area contributed by atoms with E-state index in [-0.39, 0.29) is 0 Å². The van der Waals surface area contributed by atoms with E-state index in [0.29, 0.717) is 5.69 Å². The molecule has 53 heavy (non-hydrogen) atoms. The summed E-state index contributed by atoms with van der Waals surface area (Å²) in [5.74, 6) is 0. The number of fused-ring (bicyclic) bond motifs is 9. The number of aromatic nitrogens is 4. The van der Waals surface area contributed by atoms with Gasteiger partial charge >= 0.3 is 0 Å². The maximum absolute atomic E-state index is 8.07. The Bertz CT molecular complexity index is 3250. The van der Waals surface area contributed by atoms with Gasteiger partial charge < -0.3 is 9.13 Å². The van der Waals surface area contributed by atoms with E-state index in [1.165, 1.54) is 27.1 Å². The van der Waals surface area contributed by atoms with Gasteiger partial charge in [0.2, 0.25) is 0 Å². The van der Waals surface area contributed by atoms with Crippen LogP contribution in [0, 0.1) is 6.57 Å². The molecule has 0 bridgehead atoms. The third kappa shape index (κ3) is 4.33. The summed E-state index contributed by atoms with van der Waals surface area (Å²) >= 11 is 0. The summed E-state index contributed by atoms with van der Waals surface area (Å²) in [6.07, 6.45) is 1.87. The molecule has 0 atom stereocenters. The topological polar surface area (TPSA) is 32.0 Å². The fourth-order valence-electron chi connectivity index (χ4n) is 8.40. The molecule has 5 nitrogen and oxygen atoms in total. The highest BCUT2D eigenvalue weighted by atomic mass is 15.0. The van der Waals surface area contributed by atoms with Crippen LogP contribution in [0.25, 0.3) is 98.6 Å². The van der Waals surface area contributed by atoms with E-state index < -0.39 is 0 Å². The molecule has 0 radical (unpaired) electrons. The Morgan fingerprint density at radius 1 is 0.377 bits per heavy atom. The van der Waals surface area contributed by atoms with Gasteiger partial charge in [-0.05, 0) is 96.1 Å². The summed E-state index contributed by atoms with van der Waals surface area (Å²) in [5.41, 5.74) is 12.3. The molecule has 11 aromatic rings.